The van der Waals surface area contributed by atoms with Crippen LogP contribution in [0, 0.1) is 0 Å². The van der Waals surface area contributed by atoms with E-state index in [4.69, 9.17) is 4.74 Å². The lowest BCUT2D eigenvalue weighted by Crippen LogP contribution is -2.30. The molecule has 25 heavy (non-hydrogen) atoms. The summed E-state index contributed by atoms with van der Waals surface area (Å²) in [5.74, 6) is 1.91. The Labute approximate surface area is 148 Å². The van der Waals surface area contributed by atoms with E-state index in [0.717, 1.165) is 41.2 Å². The highest BCUT2D eigenvalue weighted by Crippen LogP contribution is 2.26. The van der Waals surface area contributed by atoms with Gasteiger partial charge >= 0.3 is 0 Å². The second-order valence-corrected chi connectivity index (χ2v) is 6.86. The van der Waals surface area contributed by atoms with E-state index < -0.39 is 0 Å². The summed E-state index contributed by atoms with van der Waals surface area (Å²) >= 11 is 0. The van der Waals surface area contributed by atoms with E-state index in [-0.39, 0.29) is 6.10 Å². The summed E-state index contributed by atoms with van der Waals surface area (Å²) in [7, 11) is 0. The second kappa shape index (κ2) is 6.75. The minimum absolute atomic E-state index is 0.153. The van der Waals surface area contributed by atoms with E-state index >= 15 is 0 Å². The average molecular weight is 336 g/mol. The van der Waals surface area contributed by atoms with E-state index in [0.29, 0.717) is 0 Å². The summed E-state index contributed by atoms with van der Waals surface area (Å²) in [5, 5.41) is 5.69. The number of ether oxygens (including phenoxy) is 1. The van der Waals surface area contributed by atoms with Crippen LogP contribution in [-0.2, 0) is 0 Å². The predicted octanol–water partition coefficient (Wildman–Crippen LogP) is 4.20. The van der Waals surface area contributed by atoms with Gasteiger partial charge in [0.15, 0.2) is 0 Å². The predicted molar refractivity (Wildman–Crippen MR) is 101 cm³/mol. The molecule has 0 radical (unpaired) electrons. The lowest BCUT2D eigenvalue weighted by atomic mass is 10.1. The topological polar surface area (TPSA) is 43.2 Å². The number of aromatic nitrogens is 3. The Bertz CT molecular complexity index is 865. The smallest absolute Gasteiger partial charge is 0.130 e. The van der Waals surface area contributed by atoms with Crippen LogP contribution >= 0.6 is 0 Å². The van der Waals surface area contributed by atoms with Crippen LogP contribution in [0.15, 0.2) is 42.7 Å². The highest BCUT2D eigenvalue weighted by Gasteiger charge is 2.14. The summed E-state index contributed by atoms with van der Waals surface area (Å²) in [6, 6.07) is 10.3. The number of benzene rings is 1. The molecule has 1 aliphatic rings. The molecule has 5 heteroatoms. The molecule has 0 amide bonds. The molecule has 1 saturated heterocycles. The molecular formula is C20H24N4O. The van der Waals surface area contributed by atoms with Gasteiger partial charge in [0.05, 0.1) is 23.5 Å². The molecule has 3 heterocycles. The average Bonchev–Trinajstić information content (AvgIpc) is 3.05. The Balaban J connectivity index is 1.71. The van der Waals surface area contributed by atoms with Crippen molar-refractivity contribution in [2.75, 3.05) is 18.0 Å². The Morgan fingerprint density at radius 1 is 1.04 bits per heavy atom. The molecule has 1 aliphatic heterocycles. The van der Waals surface area contributed by atoms with Crippen molar-refractivity contribution in [1.82, 2.24) is 14.8 Å². The summed E-state index contributed by atoms with van der Waals surface area (Å²) in [4.78, 5) is 6.94. The monoisotopic (exact) mass is 336 g/mol. The fraction of sp³-hybridized carbons (Fsp3) is 0.400. The molecule has 0 unspecified atom stereocenters. The van der Waals surface area contributed by atoms with E-state index in [9.17, 15) is 0 Å². The van der Waals surface area contributed by atoms with Crippen LogP contribution in [0.3, 0.4) is 0 Å². The Morgan fingerprint density at radius 2 is 1.88 bits per heavy atom. The fourth-order valence-corrected chi connectivity index (χ4v) is 3.38. The molecule has 1 aromatic carbocycles. The SMILES string of the molecule is CC(C)Oc1ccc2cnn(-c3ccnc(N4CCCCC4)c3)c2c1. The lowest BCUT2D eigenvalue weighted by Gasteiger charge is -2.27. The Kier molecular flexibility index (Phi) is 4.30. The molecule has 2 aromatic heterocycles. The van der Waals surface area contributed by atoms with Gasteiger partial charge in [0, 0.05) is 36.8 Å². The first kappa shape index (κ1) is 15.9. The maximum absolute atomic E-state index is 5.84. The maximum Gasteiger partial charge on any atom is 0.130 e. The van der Waals surface area contributed by atoms with E-state index in [1.54, 1.807) is 0 Å². The zero-order valence-corrected chi connectivity index (χ0v) is 14.9. The normalized spacial score (nSPS) is 15.1. The highest BCUT2D eigenvalue weighted by molar-refractivity contribution is 5.81. The maximum atomic E-state index is 5.84. The van der Waals surface area contributed by atoms with Gasteiger partial charge in [-0.1, -0.05) is 0 Å². The fourth-order valence-electron chi connectivity index (χ4n) is 3.38. The molecule has 4 rings (SSSR count). The van der Waals surface area contributed by atoms with Gasteiger partial charge in [-0.2, -0.15) is 5.10 Å². The quantitative estimate of drug-likeness (QED) is 0.716. The van der Waals surface area contributed by atoms with Crippen LogP contribution in [-0.4, -0.2) is 34.0 Å². The highest BCUT2D eigenvalue weighted by atomic mass is 16.5. The van der Waals surface area contributed by atoms with Crippen LogP contribution in [0.1, 0.15) is 33.1 Å². The molecule has 3 aromatic rings. The van der Waals surface area contributed by atoms with Gasteiger partial charge in [-0.05, 0) is 51.3 Å². The number of piperidine rings is 1. The summed E-state index contributed by atoms with van der Waals surface area (Å²) in [6.45, 7) is 6.25. The molecule has 0 spiro atoms. The summed E-state index contributed by atoms with van der Waals surface area (Å²) in [5.41, 5.74) is 2.08. The van der Waals surface area contributed by atoms with Gasteiger partial charge in [0.1, 0.15) is 11.6 Å². The molecule has 1 fully saturated rings. The third-order valence-corrected chi connectivity index (χ3v) is 4.57. The molecule has 0 N–H and O–H groups in total. The van der Waals surface area contributed by atoms with Gasteiger partial charge in [0.25, 0.3) is 0 Å². The van der Waals surface area contributed by atoms with Crippen molar-refractivity contribution >= 4 is 16.7 Å². The largest absolute Gasteiger partial charge is 0.491 e. The summed E-state index contributed by atoms with van der Waals surface area (Å²) < 4.78 is 7.81. The standard InChI is InChI=1S/C20H24N4O/c1-15(2)25-18-7-6-16-14-22-24(19(16)13-18)17-8-9-21-20(12-17)23-10-4-3-5-11-23/h6-9,12-15H,3-5,10-11H2,1-2H3. The van der Waals surface area contributed by atoms with Gasteiger partial charge < -0.3 is 9.64 Å². The first-order valence-electron chi connectivity index (χ1n) is 9.06. The van der Waals surface area contributed by atoms with Crippen molar-refractivity contribution < 1.29 is 4.74 Å². The number of hydrogen-bond donors (Lipinski definition) is 0. The Hall–Kier alpha value is -2.56. The van der Waals surface area contributed by atoms with Gasteiger partial charge in [-0.25, -0.2) is 9.67 Å². The van der Waals surface area contributed by atoms with Gasteiger partial charge in [-0.3, -0.25) is 0 Å². The third kappa shape index (κ3) is 3.31. The van der Waals surface area contributed by atoms with E-state index in [1.807, 2.05) is 43.1 Å². The van der Waals surface area contributed by atoms with E-state index in [2.05, 4.69) is 33.2 Å². The van der Waals surface area contributed by atoms with E-state index in [1.165, 1.54) is 19.3 Å². The zero-order chi connectivity index (χ0) is 17.2. The van der Waals surface area contributed by atoms with Crippen molar-refractivity contribution in [3.8, 4) is 11.4 Å². The lowest BCUT2D eigenvalue weighted by molar-refractivity contribution is 0.242. The van der Waals surface area contributed by atoms with Crippen molar-refractivity contribution in [3.05, 3.63) is 42.7 Å². The molecule has 0 aliphatic carbocycles. The number of hydrogen-bond acceptors (Lipinski definition) is 4. The number of anilines is 1. The number of pyridine rings is 1. The number of rotatable bonds is 4. The Morgan fingerprint density at radius 3 is 2.68 bits per heavy atom. The van der Waals surface area contributed by atoms with Crippen molar-refractivity contribution in [1.29, 1.82) is 0 Å². The molecule has 130 valence electrons. The van der Waals surface area contributed by atoms with Crippen LogP contribution in [0.4, 0.5) is 5.82 Å². The van der Waals surface area contributed by atoms with Crippen LogP contribution in [0.5, 0.6) is 5.75 Å². The number of fused-ring (bicyclic) bond motifs is 1. The second-order valence-electron chi connectivity index (χ2n) is 6.86. The molecule has 0 atom stereocenters. The minimum atomic E-state index is 0.153. The molecule has 5 nitrogen and oxygen atoms in total. The van der Waals surface area contributed by atoms with Gasteiger partial charge in [-0.15, -0.1) is 0 Å². The minimum Gasteiger partial charge on any atom is -0.491 e. The molecule has 0 saturated carbocycles. The molecule has 0 bridgehead atoms. The molecular weight excluding hydrogens is 312 g/mol. The third-order valence-electron chi connectivity index (χ3n) is 4.57. The van der Waals surface area contributed by atoms with Crippen molar-refractivity contribution in [3.63, 3.8) is 0 Å². The number of nitrogens with zero attached hydrogens (tertiary/aromatic N) is 4. The first-order chi connectivity index (χ1) is 12.2. The van der Waals surface area contributed by atoms with Crippen LogP contribution in [0.25, 0.3) is 16.6 Å². The van der Waals surface area contributed by atoms with Crippen molar-refractivity contribution in [2.45, 2.75) is 39.2 Å². The summed E-state index contributed by atoms with van der Waals surface area (Å²) in [6.07, 6.45) is 7.73. The van der Waals surface area contributed by atoms with Crippen LogP contribution in [0.2, 0.25) is 0 Å². The van der Waals surface area contributed by atoms with Crippen LogP contribution < -0.4 is 9.64 Å². The van der Waals surface area contributed by atoms with Crippen molar-refractivity contribution in [2.24, 2.45) is 0 Å². The first-order valence-corrected chi connectivity index (χ1v) is 9.06. The zero-order valence-electron chi connectivity index (χ0n) is 14.9. The van der Waals surface area contributed by atoms with Gasteiger partial charge in [0.2, 0.25) is 0 Å².